The van der Waals surface area contributed by atoms with Crippen molar-refractivity contribution in [3.63, 3.8) is 0 Å². The number of halogens is 3. The van der Waals surface area contributed by atoms with Gasteiger partial charge in [-0.05, 0) is 53.0 Å². The molecule has 1 aliphatic rings. The van der Waals surface area contributed by atoms with E-state index in [1.54, 1.807) is 25.1 Å². The summed E-state index contributed by atoms with van der Waals surface area (Å²) < 4.78 is 38.9. The van der Waals surface area contributed by atoms with Gasteiger partial charge in [-0.25, -0.2) is 0 Å². The summed E-state index contributed by atoms with van der Waals surface area (Å²) in [6.07, 6.45) is -3.09. The highest BCUT2D eigenvalue weighted by Crippen LogP contribution is 2.31. The number of carboxylic acid groups (broad SMARTS) is 1. The summed E-state index contributed by atoms with van der Waals surface area (Å²) in [6.45, 7) is 3.45. The first kappa shape index (κ1) is 24.4. The minimum absolute atomic E-state index is 0.279. The maximum absolute atomic E-state index is 13.0. The highest BCUT2D eigenvalue weighted by Gasteiger charge is 2.32. The van der Waals surface area contributed by atoms with Crippen LogP contribution < -0.4 is 0 Å². The van der Waals surface area contributed by atoms with E-state index in [-0.39, 0.29) is 11.7 Å². The second-order valence-electron chi connectivity index (χ2n) is 8.77. The molecule has 0 aliphatic carbocycles. The van der Waals surface area contributed by atoms with E-state index >= 15 is 0 Å². The van der Waals surface area contributed by atoms with E-state index in [4.69, 9.17) is 5.11 Å². The van der Waals surface area contributed by atoms with Gasteiger partial charge in [-0.15, -0.1) is 0 Å². The van der Waals surface area contributed by atoms with Crippen molar-refractivity contribution >= 4 is 17.3 Å². The molecule has 0 radical (unpaired) electrons. The standard InChI is InChI=1S/C28H24F3NO3/c1-18(23-3-2-4-25(14-23)28(29,30)31)13-26(33)22-11-9-21(10-12-22)20-7-5-19(6-8-20)15-32-16-24(17-32)27(34)35/h2-14,24H,15-17H2,1H3,(H,34,35). The number of rotatable bonds is 7. The Bertz CT molecular complexity index is 1260. The lowest BCUT2D eigenvalue weighted by Gasteiger charge is -2.36. The van der Waals surface area contributed by atoms with Crippen LogP contribution in [0.5, 0.6) is 0 Å². The molecule has 0 spiro atoms. The van der Waals surface area contributed by atoms with Crippen LogP contribution in [0.1, 0.15) is 34.0 Å². The van der Waals surface area contributed by atoms with Gasteiger partial charge >= 0.3 is 12.1 Å². The van der Waals surface area contributed by atoms with Crippen molar-refractivity contribution in [3.05, 3.63) is 101 Å². The van der Waals surface area contributed by atoms with Gasteiger partial charge in [0.05, 0.1) is 11.5 Å². The Morgan fingerprint density at radius 3 is 2.11 bits per heavy atom. The monoisotopic (exact) mass is 479 g/mol. The molecule has 7 heteroatoms. The smallest absolute Gasteiger partial charge is 0.416 e. The molecule has 4 rings (SSSR count). The van der Waals surface area contributed by atoms with E-state index in [0.29, 0.717) is 36.3 Å². The molecule has 0 amide bonds. The number of benzene rings is 3. The van der Waals surface area contributed by atoms with Gasteiger partial charge in [-0.2, -0.15) is 13.2 Å². The first-order valence-corrected chi connectivity index (χ1v) is 11.1. The average Bonchev–Trinajstić information content (AvgIpc) is 2.81. The fraction of sp³-hybridized carbons (Fsp3) is 0.214. The lowest BCUT2D eigenvalue weighted by Crippen LogP contribution is -2.49. The molecule has 0 aromatic heterocycles. The van der Waals surface area contributed by atoms with Gasteiger partial charge in [0.15, 0.2) is 5.78 Å². The normalized spacial score (nSPS) is 15.0. The van der Waals surface area contributed by atoms with Crippen molar-refractivity contribution < 1.29 is 27.9 Å². The molecular weight excluding hydrogens is 455 g/mol. The van der Waals surface area contributed by atoms with Crippen LogP contribution in [0.3, 0.4) is 0 Å². The molecule has 0 saturated carbocycles. The van der Waals surface area contributed by atoms with Gasteiger partial charge in [0, 0.05) is 25.2 Å². The summed E-state index contributed by atoms with van der Waals surface area (Å²) in [6, 6.07) is 20.0. The van der Waals surface area contributed by atoms with Crippen molar-refractivity contribution in [2.45, 2.75) is 19.6 Å². The molecule has 0 bridgehead atoms. The highest BCUT2D eigenvalue weighted by molar-refractivity contribution is 6.08. The number of hydrogen-bond acceptors (Lipinski definition) is 3. The Labute approximate surface area is 201 Å². The molecule has 1 aliphatic heterocycles. The Balaban J connectivity index is 1.40. The third-order valence-electron chi connectivity index (χ3n) is 6.16. The Morgan fingerprint density at radius 2 is 1.54 bits per heavy atom. The zero-order valence-electron chi connectivity index (χ0n) is 19.0. The van der Waals surface area contributed by atoms with Crippen molar-refractivity contribution in [2.75, 3.05) is 13.1 Å². The second kappa shape index (κ2) is 9.88. The third-order valence-corrected chi connectivity index (χ3v) is 6.16. The largest absolute Gasteiger partial charge is 0.481 e. The number of alkyl halides is 3. The summed E-state index contributed by atoms with van der Waals surface area (Å²) in [7, 11) is 0. The summed E-state index contributed by atoms with van der Waals surface area (Å²) in [4.78, 5) is 25.7. The number of carboxylic acids is 1. The van der Waals surface area contributed by atoms with Gasteiger partial charge in [0.2, 0.25) is 0 Å². The molecule has 35 heavy (non-hydrogen) atoms. The van der Waals surface area contributed by atoms with Crippen molar-refractivity contribution in [2.24, 2.45) is 5.92 Å². The first-order valence-electron chi connectivity index (χ1n) is 11.1. The van der Waals surface area contributed by atoms with E-state index in [1.165, 1.54) is 12.1 Å². The van der Waals surface area contributed by atoms with Crippen LogP contribution in [0.15, 0.2) is 78.9 Å². The third kappa shape index (κ3) is 5.87. The number of aliphatic carboxylic acids is 1. The molecule has 1 N–H and O–H groups in total. The number of ketones is 1. The van der Waals surface area contributed by atoms with Crippen LogP contribution in [0.4, 0.5) is 13.2 Å². The second-order valence-corrected chi connectivity index (χ2v) is 8.77. The molecule has 0 unspecified atom stereocenters. The van der Waals surface area contributed by atoms with Gasteiger partial charge in [-0.1, -0.05) is 60.7 Å². The summed E-state index contributed by atoms with van der Waals surface area (Å²) in [5, 5.41) is 8.98. The Hall–Kier alpha value is -3.71. The number of carbonyl (C=O) groups is 2. The SMILES string of the molecule is CC(=CC(=O)c1ccc(-c2ccc(CN3CC(C(=O)O)C3)cc2)cc1)c1cccc(C(F)(F)F)c1. The lowest BCUT2D eigenvalue weighted by molar-refractivity contribution is -0.147. The highest BCUT2D eigenvalue weighted by atomic mass is 19.4. The van der Waals surface area contributed by atoms with Crippen LogP contribution in [-0.2, 0) is 17.5 Å². The molecule has 1 heterocycles. The first-order chi connectivity index (χ1) is 16.6. The Morgan fingerprint density at radius 1 is 0.943 bits per heavy atom. The van der Waals surface area contributed by atoms with Crippen molar-refractivity contribution in [1.29, 1.82) is 0 Å². The van der Waals surface area contributed by atoms with Crippen molar-refractivity contribution in [1.82, 2.24) is 4.90 Å². The molecule has 3 aromatic rings. The van der Waals surface area contributed by atoms with Crippen LogP contribution in [0.2, 0.25) is 0 Å². The number of hydrogen-bond donors (Lipinski definition) is 1. The van der Waals surface area contributed by atoms with Crippen LogP contribution in [0.25, 0.3) is 16.7 Å². The molecule has 1 saturated heterocycles. The number of nitrogens with zero attached hydrogens (tertiary/aromatic N) is 1. The van der Waals surface area contributed by atoms with Crippen LogP contribution in [-0.4, -0.2) is 34.8 Å². The summed E-state index contributed by atoms with van der Waals surface area (Å²) >= 11 is 0. The van der Waals surface area contributed by atoms with Gasteiger partial charge in [-0.3, -0.25) is 14.5 Å². The minimum atomic E-state index is -4.44. The van der Waals surface area contributed by atoms with E-state index < -0.39 is 17.7 Å². The molecule has 1 fully saturated rings. The maximum atomic E-state index is 13.0. The fourth-order valence-corrected chi connectivity index (χ4v) is 4.05. The van der Waals surface area contributed by atoms with Gasteiger partial charge in [0.25, 0.3) is 0 Å². The molecule has 3 aromatic carbocycles. The molecule has 0 atom stereocenters. The summed E-state index contributed by atoms with van der Waals surface area (Å²) in [5.41, 5.74) is 3.51. The van der Waals surface area contributed by atoms with E-state index in [1.807, 2.05) is 36.4 Å². The lowest BCUT2D eigenvalue weighted by atomic mass is 9.98. The molecule has 4 nitrogen and oxygen atoms in total. The zero-order valence-corrected chi connectivity index (χ0v) is 19.0. The summed E-state index contributed by atoms with van der Waals surface area (Å²) in [5.74, 6) is -1.31. The maximum Gasteiger partial charge on any atom is 0.416 e. The minimum Gasteiger partial charge on any atom is -0.481 e. The molecule has 180 valence electrons. The van der Waals surface area contributed by atoms with Gasteiger partial charge < -0.3 is 5.11 Å². The zero-order chi connectivity index (χ0) is 25.2. The van der Waals surface area contributed by atoms with Crippen LogP contribution >= 0.6 is 0 Å². The molecular formula is C28H24F3NO3. The number of carbonyl (C=O) groups excluding carboxylic acids is 1. The predicted molar refractivity (Wildman–Crippen MR) is 128 cm³/mol. The fourth-order valence-electron chi connectivity index (χ4n) is 4.05. The van der Waals surface area contributed by atoms with Crippen molar-refractivity contribution in [3.8, 4) is 11.1 Å². The van der Waals surface area contributed by atoms with Gasteiger partial charge in [0.1, 0.15) is 0 Å². The van der Waals surface area contributed by atoms with E-state index in [2.05, 4.69) is 4.90 Å². The van der Waals surface area contributed by atoms with E-state index in [9.17, 15) is 22.8 Å². The number of likely N-dealkylation sites (tertiary alicyclic amines) is 1. The topological polar surface area (TPSA) is 57.6 Å². The van der Waals surface area contributed by atoms with E-state index in [0.717, 1.165) is 28.8 Å². The Kier molecular flexibility index (Phi) is 6.89. The van der Waals surface area contributed by atoms with Crippen LogP contribution in [0, 0.1) is 5.92 Å². The number of allylic oxidation sites excluding steroid dienone is 2. The quantitative estimate of drug-likeness (QED) is 0.325. The average molecular weight is 479 g/mol. The predicted octanol–water partition coefficient (Wildman–Crippen LogP) is 6.18.